The van der Waals surface area contributed by atoms with Gasteiger partial charge in [-0.15, -0.1) is 0 Å². The van der Waals surface area contributed by atoms with E-state index in [0.29, 0.717) is 18.4 Å². The van der Waals surface area contributed by atoms with E-state index in [1.54, 1.807) is 12.1 Å². The van der Waals surface area contributed by atoms with Gasteiger partial charge in [-0.2, -0.15) is 4.98 Å². The lowest BCUT2D eigenvalue weighted by Gasteiger charge is -2.05. The number of halogens is 1. The monoisotopic (exact) mass is 262 g/mol. The van der Waals surface area contributed by atoms with Crippen molar-refractivity contribution in [2.75, 3.05) is 7.11 Å². The van der Waals surface area contributed by atoms with E-state index in [4.69, 9.17) is 9.26 Å². The SMILES string of the molecule is COC(=O)C1(c2nc(-c3cccc(F)c3)no2)CC1. The van der Waals surface area contributed by atoms with Gasteiger partial charge in [0.15, 0.2) is 0 Å². The van der Waals surface area contributed by atoms with Crippen LogP contribution in [0.4, 0.5) is 4.39 Å². The van der Waals surface area contributed by atoms with E-state index in [1.807, 2.05) is 0 Å². The Labute approximate surface area is 108 Å². The molecular formula is C13H11FN2O3. The van der Waals surface area contributed by atoms with E-state index in [0.717, 1.165) is 0 Å². The lowest BCUT2D eigenvalue weighted by atomic mass is 10.1. The molecule has 6 heteroatoms. The Morgan fingerprint density at radius 1 is 1.47 bits per heavy atom. The first kappa shape index (κ1) is 11.8. The predicted octanol–water partition coefficient (Wildman–Crippen LogP) is 2.08. The maximum atomic E-state index is 13.1. The van der Waals surface area contributed by atoms with Crippen molar-refractivity contribution in [3.05, 3.63) is 36.0 Å². The van der Waals surface area contributed by atoms with E-state index in [9.17, 15) is 9.18 Å². The maximum absolute atomic E-state index is 13.1. The number of ether oxygens (including phenoxy) is 1. The molecule has 1 saturated carbocycles. The van der Waals surface area contributed by atoms with E-state index in [1.165, 1.54) is 19.2 Å². The van der Waals surface area contributed by atoms with Crippen molar-refractivity contribution >= 4 is 5.97 Å². The smallest absolute Gasteiger partial charge is 0.321 e. The highest BCUT2D eigenvalue weighted by Crippen LogP contribution is 2.48. The van der Waals surface area contributed by atoms with Gasteiger partial charge in [0.25, 0.3) is 0 Å². The Morgan fingerprint density at radius 3 is 2.89 bits per heavy atom. The highest BCUT2D eigenvalue weighted by atomic mass is 19.1. The second-order valence-electron chi connectivity index (χ2n) is 4.51. The number of hydrogen-bond acceptors (Lipinski definition) is 5. The van der Waals surface area contributed by atoms with Crippen LogP contribution < -0.4 is 0 Å². The lowest BCUT2D eigenvalue weighted by molar-refractivity contribution is -0.144. The Bertz CT molecular complexity index is 634. The van der Waals surface area contributed by atoms with Crippen LogP contribution in [0, 0.1) is 5.82 Å². The summed E-state index contributed by atoms with van der Waals surface area (Å²) in [4.78, 5) is 15.9. The molecule has 5 nitrogen and oxygen atoms in total. The van der Waals surface area contributed by atoms with E-state index < -0.39 is 5.41 Å². The van der Waals surface area contributed by atoms with E-state index in [-0.39, 0.29) is 23.5 Å². The number of carbonyl (C=O) groups excluding carboxylic acids is 1. The normalized spacial score (nSPS) is 16.1. The summed E-state index contributed by atoms with van der Waals surface area (Å²) in [6.07, 6.45) is 1.26. The summed E-state index contributed by atoms with van der Waals surface area (Å²) in [5.74, 6) is -0.247. The number of rotatable bonds is 3. The average molecular weight is 262 g/mol. The molecule has 0 N–H and O–H groups in total. The van der Waals surface area contributed by atoms with Gasteiger partial charge in [0.1, 0.15) is 11.2 Å². The van der Waals surface area contributed by atoms with Crippen LogP contribution >= 0.6 is 0 Å². The Kier molecular flexibility index (Phi) is 2.58. The molecule has 1 aromatic carbocycles. The molecule has 1 fully saturated rings. The fraction of sp³-hybridized carbons (Fsp3) is 0.308. The molecule has 2 aromatic rings. The summed E-state index contributed by atoms with van der Waals surface area (Å²) in [5, 5.41) is 3.79. The number of aromatic nitrogens is 2. The molecular weight excluding hydrogens is 251 g/mol. The fourth-order valence-electron chi connectivity index (χ4n) is 1.99. The van der Waals surface area contributed by atoms with Crippen LogP contribution in [-0.4, -0.2) is 23.2 Å². The predicted molar refractivity (Wildman–Crippen MR) is 62.6 cm³/mol. The molecule has 0 spiro atoms. The van der Waals surface area contributed by atoms with E-state index in [2.05, 4.69) is 10.1 Å². The number of hydrogen-bond donors (Lipinski definition) is 0. The van der Waals surface area contributed by atoms with Crippen LogP contribution in [-0.2, 0) is 14.9 Å². The van der Waals surface area contributed by atoms with Crippen LogP contribution in [0.15, 0.2) is 28.8 Å². The first-order valence-corrected chi connectivity index (χ1v) is 5.84. The van der Waals surface area contributed by atoms with Crippen LogP contribution in [0.5, 0.6) is 0 Å². The number of nitrogens with zero attached hydrogens (tertiary/aromatic N) is 2. The summed E-state index contributed by atoms with van der Waals surface area (Å²) in [5.41, 5.74) is -0.288. The Morgan fingerprint density at radius 2 is 2.26 bits per heavy atom. The average Bonchev–Trinajstić information content (AvgIpc) is 3.08. The molecule has 0 unspecified atom stereocenters. The van der Waals surface area contributed by atoms with Crippen molar-refractivity contribution in [2.24, 2.45) is 0 Å². The number of benzene rings is 1. The van der Waals surface area contributed by atoms with Gasteiger partial charge < -0.3 is 9.26 Å². The van der Waals surface area contributed by atoms with E-state index >= 15 is 0 Å². The number of esters is 1. The molecule has 19 heavy (non-hydrogen) atoms. The molecule has 0 bridgehead atoms. The second kappa shape index (κ2) is 4.15. The van der Waals surface area contributed by atoms with Gasteiger partial charge in [-0.25, -0.2) is 4.39 Å². The quantitative estimate of drug-likeness (QED) is 0.792. The van der Waals surface area contributed by atoms with Crippen molar-refractivity contribution in [1.29, 1.82) is 0 Å². The highest BCUT2D eigenvalue weighted by Gasteiger charge is 2.57. The molecule has 0 atom stereocenters. The molecule has 1 aromatic heterocycles. The zero-order valence-electron chi connectivity index (χ0n) is 10.2. The minimum atomic E-state index is -0.798. The topological polar surface area (TPSA) is 65.2 Å². The van der Waals surface area contributed by atoms with Gasteiger partial charge in [0, 0.05) is 5.56 Å². The molecule has 0 radical (unpaired) electrons. The maximum Gasteiger partial charge on any atom is 0.321 e. The Hall–Kier alpha value is -2.24. The largest absolute Gasteiger partial charge is 0.468 e. The van der Waals surface area contributed by atoms with Crippen LogP contribution in [0.25, 0.3) is 11.4 Å². The van der Waals surface area contributed by atoms with Crippen molar-refractivity contribution < 1.29 is 18.4 Å². The van der Waals surface area contributed by atoms with Crippen molar-refractivity contribution in [2.45, 2.75) is 18.3 Å². The summed E-state index contributed by atoms with van der Waals surface area (Å²) in [6, 6.07) is 5.89. The summed E-state index contributed by atoms with van der Waals surface area (Å²) in [6.45, 7) is 0. The summed E-state index contributed by atoms with van der Waals surface area (Å²) >= 11 is 0. The van der Waals surface area contributed by atoms with Gasteiger partial charge in [-0.05, 0) is 25.0 Å². The molecule has 0 saturated heterocycles. The molecule has 3 rings (SSSR count). The second-order valence-corrected chi connectivity index (χ2v) is 4.51. The molecule has 0 amide bonds. The van der Waals surface area contributed by atoms with Gasteiger partial charge in [0.05, 0.1) is 7.11 Å². The third-order valence-corrected chi connectivity index (χ3v) is 3.24. The summed E-state index contributed by atoms with van der Waals surface area (Å²) < 4.78 is 23.0. The van der Waals surface area contributed by atoms with Crippen LogP contribution in [0.1, 0.15) is 18.7 Å². The third-order valence-electron chi connectivity index (χ3n) is 3.24. The van der Waals surface area contributed by atoms with Crippen molar-refractivity contribution in [3.8, 4) is 11.4 Å². The van der Waals surface area contributed by atoms with Crippen LogP contribution in [0.3, 0.4) is 0 Å². The molecule has 0 aliphatic heterocycles. The first-order chi connectivity index (χ1) is 9.15. The number of carbonyl (C=O) groups is 1. The minimum Gasteiger partial charge on any atom is -0.468 e. The standard InChI is InChI=1S/C13H11FN2O3/c1-18-12(17)13(5-6-13)11-15-10(16-19-11)8-3-2-4-9(14)7-8/h2-4,7H,5-6H2,1H3. The van der Waals surface area contributed by atoms with Gasteiger partial charge in [-0.3, -0.25) is 4.79 Å². The zero-order chi connectivity index (χ0) is 13.5. The van der Waals surface area contributed by atoms with Gasteiger partial charge in [-0.1, -0.05) is 17.3 Å². The lowest BCUT2D eigenvalue weighted by Crippen LogP contribution is -2.22. The van der Waals surface area contributed by atoms with Gasteiger partial charge in [0.2, 0.25) is 11.7 Å². The first-order valence-electron chi connectivity index (χ1n) is 5.84. The highest BCUT2D eigenvalue weighted by molar-refractivity contribution is 5.85. The van der Waals surface area contributed by atoms with Crippen molar-refractivity contribution in [1.82, 2.24) is 10.1 Å². The fourth-order valence-corrected chi connectivity index (χ4v) is 1.99. The van der Waals surface area contributed by atoms with Crippen LogP contribution in [0.2, 0.25) is 0 Å². The minimum absolute atomic E-state index is 0.235. The number of methoxy groups -OCH3 is 1. The molecule has 98 valence electrons. The van der Waals surface area contributed by atoms with Crippen molar-refractivity contribution in [3.63, 3.8) is 0 Å². The van der Waals surface area contributed by atoms with Gasteiger partial charge >= 0.3 is 5.97 Å². The molecule has 1 aliphatic carbocycles. The molecule has 1 heterocycles. The molecule has 1 aliphatic rings. The Balaban J connectivity index is 1.94. The summed E-state index contributed by atoms with van der Waals surface area (Å²) in [7, 11) is 1.33. The zero-order valence-corrected chi connectivity index (χ0v) is 10.2. The third kappa shape index (κ3) is 1.89.